The van der Waals surface area contributed by atoms with Crippen molar-refractivity contribution in [2.75, 3.05) is 31.1 Å². The Balaban J connectivity index is 1.64. The van der Waals surface area contributed by atoms with Crippen molar-refractivity contribution in [1.82, 2.24) is 4.90 Å². The van der Waals surface area contributed by atoms with Gasteiger partial charge in [-0.15, -0.1) is 0 Å². The first-order valence-electron chi connectivity index (χ1n) is 8.58. The van der Waals surface area contributed by atoms with Crippen molar-refractivity contribution < 1.29 is 9.18 Å². The number of anilines is 1. The summed E-state index contributed by atoms with van der Waals surface area (Å²) in [6, 6.07) is 14.9. The standard InChI is InChI=1S/C21H23FN2O/c1-16-6-5-8-19(14-16)23-10-12-24(13-11-23)21(25)17(2)15-18-7-3-4-9-20(18)22/h3-9,14-15H,10-13H2,1-2H3/b17-15+. The maximum atomic E-state index is 13.8. The lowest BCUT2D eigenvalue weighted by Gasteiger charge is -2.36. The van der Waals surface area contributed by atoms with Crippen molar-refractivity contribution in [3.8, 4) is 0 Å². The van der Waals surface area contributed by atoms with E-state index in [1.807, 2.05) is 4.90 Å². The van der Waals surface area contributed by atoms with Gasteiger partial charge in [-0.1, -0.05) is 30.3 Å². The van der Waals surface area contributed by atoms with E-state index in [9.17, 15) is 9.18 Å². The number of aryl methyl sites for hydroxylation is 1. The van der Waals surface area contributed by atoms with Gasteiger partial charge in [-0.05, 0) is 43.7 Å². The Morgan fingerprint density at radius 1 is 1.04 bits per heavy atom. The lowest BCUT2D eigenvalue weighted by atomic mass is 10.1. The molecule has 0 aromatic heterocycles. The molecule has 3 rings (SSSR count). The van der Waals surface area contributed by atoms with Crippen LogP contribution in [0.25, 0.3) is 6.08 Å². The van der Waals surface area contributed by atoms with E-state index in [0.29, 0.717) is 24.2 Å². The molecule has 130 valence electrons. The Labute approximate surface area is 148 Å². The summed E-state index contributed by atoms with van der Waals surface area (Å²) in [5.41, 5.74) is 3.45. The Kier molecular flexibility index (Phi) is 5.17. The highest BCUT2D eigenvalue weighted by Crippen LogP contribution is 2.19. The number of rotatable bonds is 3. The molecular weight excluding hydrogens is 315 g/mol. The van der Waals surface area contributed by atoms with Crippen molar-refractivity contribution in [3.05, 3.63) is 71.0 Å². The van der Waals surface area contributed by atoms with Gasteiger partial charge in [0.1, 0.15) is 5.82 Å². The summed E-state index contributed by atoms with van der Waals surface area (Å²) in [4.78, 5) is 16.8. The van der Waals surface area contributed by atoms with Gasteiger partial charge in [-0.2, -0.15) is 0 Å². The van der Waals surface area contributed by atoms with Crippen molar-refractivity contribution in [2.24, 2.45) is 0 Å². The molecule has 0 unspecified atom stereocenters. The summed E-state index contributed by atoms with van der Waals surface area (Å²) < 4.78 is 13.8. The van der Waals surface area contributed by atoms with Crippen molar-refractivity contribution in [2.45, 2.75) is 13.8 Å². The summed E-state index contributed by atoms with van der Waals surface area (Å²) >= 11 is 0. The van der Waals surface area contributed by atoms with E-state index in [1.165, 1.54) is 17.3 Å². The van der Waals surface area contributed by atoms with E-state index in [0.717, 1.165) is 13.1 Å². The maximum Gasteiger partial charge on any atom is 0.249 e. The van der Waals surface area contributed by atoms with E-state index < -0.39 is 0 Å². The molecule has 0 spiro atoms. The van der Waals surface area contributed by atoms with Crippen molar-refractivity contribution >= 4 is 17.7 Å². The number of carbonyl (C=O) groups is 1. The normalized spacial score (nSPS) is 15.4. The molecule has 1 heterocycles. The number of hydrogen-bond acceptors (Lipinski definition) is 2. The Bertz CT molecular complexity index is 792. The third-order valence-electron chi connectivity index (χ3n) is 4.55. The Hall–Kier alpha value is -2.62. The zero-order valence-corrected chi connectivity index (χ0v) is 14.7. The van der Waals surface area contributed by atoms with Gasteiger partial charge < -0.3 is 9.80 Å². The highest BCUT2D eigenvalue weighted by Gasteiger charge is 2.22. The van der Waals surface area contributed by atoms with Crippen LogP contribution in [0.1, 0.15) is 18.1 Å². The fourth-order valence-electron chi connectivity index (χ4n) is 3.13. The Morgan fingerprint density at radius 3 is 2.44 bits per heavy atom. The topological polar surface area (TPSA) is 23.6 Å². The molecule has 25 heavy (non-hydrogen) atoms. The highest BCUT2D eigenvalue weighted by molar-refractivity contribution is 5.97. The van der Waals surface area contributed by atoms with E-state index >= 15 is 0 Å². The largest absolute Gasteiger partial charge is 0.368 e. The van der Waals surface area contributed by atoms with E-state index in [1.54, 1.807) is 31.2 Å². The van der Waals surface area contributed by atoms with Gasteiger partial charge in [0, 0.05) is 43.0 Å². The lowest BCUT2D eigenvalue weighted by Crippen LogP contribution is -2.49. The van der Waals surface area contributed by atoms with Crippen LogP contribution in [0.3, 0.4) is 0 Å². The van der Waals surface area contributed by atoms with Crippen LogP contribution in [0.2, 0.25) is 0 Å². The smallest absolute Gasteiger partial charge is 0.249 e. The molecule has 1 amide bonds. The minimum Gasteiger partial charge on any atom is -0.368 e. The van der Waals surface area contributed by atoms with Crippen molar-refractivity contribution in [1.29, 1.82) is 0 Å². The van der Waals surface area contributed by atoms with E-state index in [-0.39, 0.29) is 11.7 Å². The summed E-state index contributed by atoms with van der Waals surface area (Å²) in [6.07, 6.45) is 1.63. The summed E-state index contributed by atoms with van der Waals surface area (Å²) in [6.45, 7) is 6.80. The van der Waals surface area contributed by atoms with E-state index in [2.05, 4.69) is 36.1 Å². The summed E-state index contributed by atoms with van der Waals surface area (Å²) in [5, 5.41) is 0. The van der Waals surface area contributed by atoms with Gasteiger partial charge in [0.2, 0.25) is 5.91 Å². The van der Waals surface area contributed by atoms with Crippen LogP contribution in [0.5, 0.6) is 0 Å². The average Bonchev–Trinajstić information content (AvgIpc) is 2.63. The molecule has 0 saturated carbocycles. The second-order valence-corrected chi connectivity index (χ2v) is 6.47. The third kappa shape index (κ3) is 4.08. The second-order valence-electron chi connectivity index (χ2n) is 6.47. The van der Waals surface area contributed by atoms with Gasteiger partial charge in [0.05, 0.1) is 0 Å². The number of halogens is 1. The molecule has 1 fully saturated rings. The predicted molar refractivity (Wildman–Crippen MR) is 100 cm³/mol. The van der Waals surface area contributed by atoms with Crippen molar-refractivity contribution in [3.63, 3.8) is 0 Å². The first-order chi connectivity index (χ1) is 12.0. The third-order valence-corrected chi connectivity index (χ3v) is 4.55. The molecule has 1 aliphatic rings. The number of amides is 1. The molecule has 2 aromatic rings. The van der Waals surface area contributed by atoms with E-state index in [4.69, 9.17) is 0 Å². The molecule has 0 bridgehead atoms. The van der Waals surface area contributed by atoms with Crippen LogP contribution in [0, 0.1) is 12.7 Å². The summed E-state index contributed by atoms with van der Waals surface area (Å²) in [5.74, 6) is -0.328. The SMILES string of the molecule is C/C(=C\c1ccccc1F)C(=O)N1CCN(c2cccc(C)c2)CC1. The molecule has 0 atom stereocenters. The van der Waals surface area contributed by atoms with Gasteiger partial charge in [-0.25, -0.2) is 4.39 Å². The van der Waals surface area contributed by atoms with Gasteiger partial charge in [-0.3, -0.25) is 4.79 Å². The fourth-order valence-corrected chi connectivity index (χ4v) is 3.13. The highest BCUT2D eigenvalue weighted by atomic mass is 19.1. The molecule has 0 aliphatic carbocycles. The number of nitrogens with zero attached hydrogens (tertiary/aromatic N) is 2. The molecule has 0 radical (unpaired) electrons. The summed E-state index contributed by atoms with van der Waals surface area (Å²) in [7, 11) is 0. The number of piperazine rings is 1. The second kappa shape index (κ2) is 7.51. The first kappa shape index (κ1) is 17.2. The fraction of sp³-hybridized carbons (Fsp3) is 0.286. The van der Waals surface area contributed by atoms with Crippen LogP contribution >= 0.6 is 0 Å². The average molecular weight is 338 g/mol. The molecule has 2 aromatic carbocycles. The molecule has 0 N–H and O–H groups in total. The minimum absolute atomic E-state index is 0.0212. The van der Waals surface area contributed by atoms with Crippen LogP contribution < -0.4 is 4.90 Å². The van der Waals surface area contributed by atoms with Crippen LogP contribution in [-0.2, 0) is 4.79 Å². The number of carbonyl (C=O) groups excluding carboxylic acids is 1. The van der Waals surface area contributed by atoms with Gasteiger partial charge in [0.15, 0.2) is 0 Å². The minimum atomic E-state index is -0.307. The first-order valence-corrected chi connectivity index (χ1v) is 8.58. The predicted octanol–water partition coefficient (Wildman–Crippen LogP) is 3.89. The number of hydrogen-bond donors (Lipinski definition) is 0. The molecular formula is C21H23FN2O. The molecule has 4 heteroatoms. The molecule has 1 aliphatic heterocycles. The van der Waals surface area contributed by atoms with Crippen LogP contribution in [0.15, 0.2) is 54.1 Å². The van der Waals surface area contributed by atoms with Crippen LogP contribution in [-0.4, -0.2) is 37.0 Å². The monoisotopic (exact) mass is 338 g/mol. The van der Waals surface area contributed by atoms with Gasteiger partial charge in [0.25, 0.3) is 0 Å². The van der Waals surface area contributed by atoms with Crippen LogP contribution in [0.4, 0.5) is 10.1 Å². The Morgan fingerprint density at radius 2 is 1.76 bits per heavy atom. The molecule has 3 nitrogen and oxygen atoms in total. The quantitative estimate of drug-likeness (QED) is 0.793. The maximum absolute atomic E-state index is 13.8. The zero-order valence-electron chi connectivity index (χ0n) is 14.7. The molecule has 1 saturated heterocycles. The lowest BCUT2D eigenvalue weighted by molar-refractivity contribution is -0.127. The van der Waals surface area contributed by atoms with Gasteiger partial charge >= 0.3 is 0 Å². The zero-order chi connectivity index (χ0) is 17.8. The number of benzene rings is 2.